The molecular formula is C13H27N3O2. The fraction of sp³-hybridized carbons (Fsp3) is 0.846. The van der Waals surface area contributed by atoms with Crippen molar-refractivity contribution >= 4 is 11.9 Å². The molecule has 0 saturated heterocycles. The number of primary amides is 1. The molecule has 0 aromatic rings. The Balaban J connectivity index is 4.19. The minimum atomic E-state index is -0.654. The number of nitrogens with two attached hydrogens (primary N) is 1. The van der Waals surface area contributed by atoms with Crippen molar-refractivity contribution in [3.63, 3.8) is 0 Å². The van der Waals surface area contributed by atoms with Gasteiger partial charge in [0.05, 0.1) is 0 Å². The van der Waals surface area contributed by atoms with Gasteiger partial charge in [0.25, 0.3) is 0 Å². The number of urea groups is 1. The Kier molecular flexibility index (Phi) is 8.16. The third-order valence-electron chi connectivity index (χ3n) is 2.78. The fourth-order valence-corrected chi connectivity index (χ4v) is 1.73. The normalized spacial score (nSPS) is 14.1. The topological polar surface area (TPSA) is 84.2 Å². The molecule has 0 heterocycles. The molecule has 5 heteroatoms. The summed E-state index contributed by atoms with van der Waals surface area (Å²) in [6.07, 6.45) is 3.44. The second kappa shape index (κ2) is 8.78. The predicted molar refractivity (Wildman–Crippen MR) is 73.1 cm³/mol. The van der Waals surface area contributed by atoms with Crippen LogP contribution in [0.3, 0.4) is 0 Å². The maximum absolute atomic E-state index is 11.9. The van der Waals surface area contributed by atoms with E-state index in [2.05, 4.69) is 24.5 Å². The van der Waals surface area contributed by atoms with Crippen LogP contribution in [0.5, 0.6) is 0 Å². The molecule has 0 radical (unpaired) electrons. The Morgan fingerprint density at radius 1 is 1.06 bits per heavy atom. The summed E-state index contributed by atoms with van der Waals surface area (Å²) in [6, 6.07) is -1.05. The summed E-state index contributed by atoms with van der Waals surface area (Å²) in [7, 11) is 0. The van der Waals surface area contributed by atoms with E-state index in [1.165, 1.54) is 0 Å². The van der Waals surface area contributed by atoms with Crippen molar-refractivity contribution in [3.8, 4) is 0 Å². The van der Waals surface area contributed by atoms with Gasteiger partial charge in [-0.1, -0.05) is 27.2 Å². The summed E-state index contributed by atoms with van der Waals surface area (Å²) in [4.78, 5) is 22.8. The zero-order chi connectivity index (χ0) is 14.1. The molecule has 18 heavy (non-hydrogen) atoms. The van der Waals surface area contributed by atoms with Crippen LogP contribution in [0.1, 0.15) is 53.4 Å². The quantitative estimate of drug-likeness (QED) is 0.619. The molecule has 106 valence electrons. The monoisotopic (exact) mass is 257 g/mol. The van der Waals surface area contributed by atoms with E-state index in [1.54, 1.807) is 0 Å². The zero-order valence-electron chi connectivity index (χ0n) is 12.0. The molecule has 0 bridgehead atoms. The first-order chi connectivity index (χ1) is 8.36. The SMILES string of the molecule is CCC[C@@H](NC(N)=O)C(=O)N[C@@H](C)CCC(C)C. The van der Waals surface area contributed by atoms with E-state index in [4.69, 9.17) is 5.73 Å². The van der Waals surface area contributed by atoms with Gasteiger partial charge in [-0.25, -0.2) is 4.79 Å². The molecule has 0 rings (SSSR count). The van der Waals surface area contributed by atoms with Crippen molar-refractivity contribution in [1.82, 2.24) is 10.6 Å². The molecule has 0 saturated carbocycles. The summed E-state index contributed by atoms with van der Waals surface area (Å²) < 4.78 is 0. The molecule has 0 unspecified atom stereocenters. The second-order valence-corrected chi connectivity index (χ2v) is 5.23. The van der Waals surface area contributed by atoms with Crippen LogP contribution in [0.25, 0.3) is 0 Å². The average molecular weight is 257 g/mol. The molecule has 0 aromatic heterocycles. The summed E-state index contributed by atoms with van der Waals surface area (Å²) in [6.45, 7) is 8.25. The summed E-state index contributed by atoms with van der Waals surface area (Å²) in [5, 5.41) is 5.39. The minimum absolute atomic E-state index is 0.119. The van der Waals surface area contributed by atoms with Crippen LogP contribution in [0.4, 0.5) is 4.79 Å². The zero-order valence-corrected chi connectivity index (χ0v) is 12.0. The van der Waals surface area contributed by atoms with E-state index in [9.17, 15) is 9.59 Å². The highest BCUT2D eigenvalue weighted by atomic mass is 16.2. The number of hydrogen-bond acceptors (Lipinski definition) is 2. The third kappa shape index (κ3) is 7.92. The summed E-state index contributed by atoms with van der Waals surface area (Å²) >= 11 is 0. The molecule has 3 amide bonds. The lowest BCUT2D eigenvalue weighted by atomic mass is 10.0. The molecule has 0 fully saturated rings. The van der Waals surface area contributed by atoms with Crippen LogP contribution >= 0.6 is 0 Å². The van der Waals surface area contributed by atoms with Crippen LogP contribution in [0, 0.1) is 5.92 Å². The highest BCUT2D eigenvalue weighted by molar-refractivity contribution is 5.86. The molecular weight excluding hydrogens is 230 g/mol. The number of hydrogen-bond donors (Lipinski definition) is 3. The fourth-order valence-electron chi connectivity index (χ4n) is 1.73. The maximum Gasteiger partial charge on any atom is 0.312 e. The van der Waals surface area contributed by atoms with Gasteiger partial charge in [-0.2, -0.15) is 0 Å². The highest BCUT2D eigenvalue weighted by Crippen LogP contribution is 2.07. The standard InChI is InChI=1S/C13H27N3O2/c1-5-6-11(16-13(14)18)12(17)15-10(4)8-7-9(2)3/h9-11H,5-8H2,1-4H3,(H,15,17)(H3,14,16,18)/t10-,11+/m0/s1. The van der Waals surface area contributed by atoms with E-state index in [0.717, 1.165) is 19.3 Å². The number of amides is 3. The summed E-state index contributed by atoms with van der Waals surface area (Å²) in [5.74, 6) is 0.478. The molecule has 2 atom stereocenters. The lowest BCUT2D eigenvalue weighted by molar-refractivity contribution is -0.123. The van der Waals surface area contributed by atoms with Crippen LogP contribution in [-0.2, 0) is 4.79 Å². The number of carbonyl (C=O) groups is 2. The number of carbonyl (C=O) groups excluding carboxylic acids is 2. The highest BCUT2D eigenvalue weighted by Gasteiger charge is 2.20. The van der Waals surface area contributed by atoms with Crippen LogP contribution in [-0.4, -0.2) is 24.0 Å². The molecule has 0 aliphatic heterocycles. The van der Waals surface area contributed by atoms with Crippen LogP contribution in [0.2, 0.25) is 0 Å². The van der Waals surface area contributed by atoms with Crippen molar-refractivity contribution < 1.29 is 9.59 Å². The first-order valence-corrected chi connectivity index (χ1v) is 6.73. The second-order valence-electron chi connectivity index (χ2n) is 5.23. The Bertz CT molecular complexity index is 267. The van der Waals surface area contributed by atoms with Crippen LogP contribution < -0.4 is 16.4 Å². The van der Waals surface area contributed by atoms with Gasteiger partial charge in [0, 0.05) is 6.04 Å². The smallest absolute Gasteiger partial charge is 0.312 e. The molecule has 0 aliphatic carbocycles. The van der Waals surface area contributed by atoms with Gasteiger partial charge in [-0.3, -0.25) is 4.79 Å². The lowest BCUT2D eigenvalue weighted by Crippen LogP contribution is -2.50. The first kappa shape index (κ1) is 16.7. The van der Waals surface area contributed by atoms with E-state index in [-0.39, 0.29) is 11.9 Å². The van der Waals surface area contributed by atoms with Gasteiger partial charge in [0.2, 0.25) is 5.91 Å². The van der Waals surface area contributed by atoms with Crippen LogP contribution in [0.15, 0.2) is 0 Å². The van der Waals surface area contributed by atoms with E-state index in [0.29, 0.717) is 12.3 Å². The first-order valence-electron chi connectivity index (χ1n) is 6.73. The Morgan fingerprint density at radius 2 is 1.67 bits per heavy atom. The average Bonchev–Trinajstić information content (AvgIpc) is 2.25. The lowest BCUT2D eigenvalue weighted by Gasteiger charge is -2.20. The Labute approximate surface area is 110 Å². The maximum atomic E-state index is 11.9. The van der Waals surface area contributed by atoms with Crippen molar-refractivity contribution in [1.29, 1.82) is 0 Å². The van der Waals surface area contributed by atoms with E-state index in [1.807, 2.05) is 13.8 Å². The van der Waals surface area contributed by atoms with E-state index < -0.39 is 12.1 Å². The van der Waals surface area contributed by atoms with Gasteiger partial charge in [0.15, 0.2) is 0 Å². The predicted octanol–water partition coefficient (Wildman–Crippen LogP) is 1.76. The molecule has 0 aliphatic rings. The molecule has 0 aromatic carbocycles. The van der Waals surface area contributed by atoms with Crippen molar-refractivity contribution in [3.05, 3.63) is 0 Å². The van der Waals surface area contributed by atoms with Crippen molar-refractivity contribution in [2.45, 2.75) is 65.5 Å². The van der Waals surface area contributed by atoms with Gasteiger partial charge in [-0.05, 0) is 32.1 Å². The third-order valence-corrected chi connectivity index (χ3v) is 2.78. The number of rotatable bonds is 8. The van der Waals surface area contributed by atoms with Gasteiger partial charge < -0.3 is 16.4 Å². The van der Waals surface area contributed by atoms with Gasteiger partial charge >= 0.3 is 6.03 Å². The largest absolute Gasteiger partial charge is 0.352 e. The summed E-state index contributed by atoms with van der Waals surface area (Å²) in [5.41, 5.74) is 5.06. The van der Waals surface area contributed by atoms with E-state index >= 15 is 0 Å². The van der Waals surface area contributed by atoms with Crippen molar-refractivity contribution in [2.24, 2.45) is 11.7 Å². The van der Waals surface area contributed by atoms with Crippen molar-refractivity contribution in [2.75, 3.05) is 0 Å². The Morgan fingerprint density at radius 3 is 2.11 bits per heavy atom. The van der Waals surface area contributed by atoms with Gasteiger partial charge in [-0.15, -0.1) is 0 Å². The Hall–Kier alpha value is -1.26. The van der Waals surface area contributed by atoms with Gasteiger partial charge in [0.1, 0.15) is 6.04 Å². The molecule has 5 nitrogen and oxygen atoms in total. The molecule has 0 spiro atoms. The number of nitrogens with one attached hydrogen (secondary N) is 2. The minimum Gasteiger partial charge on any atom is -0.352 e. The molecule has 4 N–H and O–H groups in total.